The minimum absolute atomic E-state index is 0.0566. The molecule has 0 unspecified atom stereocenters. The summed E-state index contributed by atoms with van der Waals surface area (Å²) in [6.45, 7) is 10.3. The molecule has 0 N–H and O–H groups in total. The van der Waals surface area contributed by atoms with E-state index in [0.29, 0.717) is 26.4 Å². The molecular weight excluding hydrogens is 532 g/mol. The second-order valence-corrected chi connectivity index (χ2v) is 16.1. The van der Waals surface area contributed by atoms with Crippen LogP contribution in [0.1, 0.15) is 26.3 Å². The lowest BCUT2D eigenvalue weighted by molar-refractivity contribution is -0.0311. The number of benzene rings is 3. The van der Waals surface area contributed by atoms with E-state index >= 15 is 0 Å². The molecule has 0 radical (unpaired) electrons. The fourth-order valence-electron chi connectivity index (χ4n) is 4.37. The summed E-state index contributed by atoms with van der Waals surface area (Å²) in [7, 11) is -6.40. The molecule has 212 valence electrons. The molecule has 0 saturated heterocycles. The van der Waals surface area contributed by atoms with Crippen LogP contribution in [0, 0.1) is 6.92 Å². The third kappa shape index (κ3) is 8.81. The summed E-state index contributed by atoms with van der Waals surface area (Å²) in [4.78, 5) is 0.135. The molecule has 0 heterocycles. The van der Waals surface area contributed by atoms with Crippen molar-refractivity contribution < 1.29 is 31.2 Å². The van der Waals surface area contributed by atoms with E-state index in [9.17, 15) is 8.42 Å². The van der Waals surface area contributed by atoms with Crippen LogP contribution in [0.15, 0.2) is 89.8 Å². The lowest BCUT2D eigenvalue weighted by Gasteiger charge is -2.42. The van der Waals surface area contributed by atoms with Gasteiger partial charge in [-0.2, -0.15) is 8.42 Å². The van der Waals surface area contributed by atoms with Crippen molar-refractivity contribution in [3.63, 3.8) is 0 Å². The maximum absolute atomic E-state index is 12.2. The third-order valence-electron chi connectivity index (χ3n) is 6.30. The van der Waals surface area contributed by atoms with Crippen LogP contribution in [0.2, 0.25) is 5.04 Å². The van der Waals surface area contributed by atoms with E-state index in [2.05, 4.69) is 69.3 Å². The molecule has 0 spiro atoms. The van der Waals surface area contributed by atoms with Gasteiger partial charge in [-0.3, -0.25) is 4.18 Å². The van der Waals surface area contributed by atoms with E-state index in [4.69, 9.17) is 22.8 Å². The highest BCUT2D eigenvalue weighted by molar-refractivity contribution is 7.86. The lowest BCUT2D eigenvalue weighted by Crippen LogP contribution is -2.66. The maximum Gasteiger partial charge on any atom is 0.297 e. The number of hydrogen-bond donors (Lipinski definition) is 0. The first-order valence-corrected chi connectivity index (χ1v) is 16.4. The Labute approximate surface area is 234 Å². The van der Waals surface area contributed by atoms with E-state index in [-0.39, 0.29) is 29.9 Å². The standard InChI is InChI=1S/C30H40O7SSi/c1-26-15-17-27(18-16-26)38(31,32)36-24-23-34-20-19-33-21-22-35-25-37-39(30(2,3)4,28-11-7-5-8-12-28)29-13-9-6-10-14-29/h5-18H,19-25H2,1-4H3. The Kier molecular flexibility index (Phi) is 11.9. The summed E-state index contributed by atoms with van der Waals surface area (Å²) < 4.78 is 52.8. The zero-order valence-corrected chi connectivity index (χ0v) is 25.1. The van der Waals surface area contributed by atoms with Crippen LogP contribution in [-0.4, -0.2) is 63.2 Å². The van der Waals surface area contributed by atoms with Gasteiger partial charge >= 0.3 is 0 Å². The van der Waals surface area contributed by atoms with Gasteiger partial charge in [0, 0.05) is 0 Å². The monoisotopic (exact) mass is 572 g/mol. The molecule has 3 aromatic rings. The van der Waals surface area contributed by atoms with Gasteiger partial charge in [-0.1, -0.05) is 99.1 Å². The average molecular weight is 573 g/mol. The van der Waals surface area contributed by atoms with Crippen molar-refractivity contribution in [1.29, 1.82) is 0 Å². The van der Waals surface area contributed by atoms with Gasteiger partial charge in [0.2, 0.25) is 0 Å². The maximum atomic E-state index is 12.2. The van der Waals surface area contributed by atoms with Gasteiger partial charge in [0.15, 0.2) is 0 Å². The molecule has 3 rings (SSSR count). The summed E-state index contributed by atoms with van der Waals surface area (Å²) in [5.41, 5.74) is 0.981. The number of aryl methyl sites for hydroxylation is 1. The fourth-order valence-corrected chi connectivity index (χ4v) is 9.67. The molecule has 3 aromatic carbocycles. The van der Waals surface area contributed by atoms with Crippen LogP contribution in [0.3, 0.4) is 0 Å². The molecular formula is C30H40O7SSi. The van der Waals surface area contributed by atoms with E-state index in [1.807, 2.05) is 19.1 Å². The molecule has 0 saturated carbocycles. The topological polar surface area (TPSA) is 80.3 Å². The highest BCUT2D eigenvalue weighted by atomic mass is 32.2. The number of ether oxygens (including phenoxy) is 3. The highest BCUT2D eigenvalue weighted by Gasteiger charge is 2.50. The Balaban J connectivity index is 1.36. The van der Waals surface area contributed by atoms with E-state index < -0.39 is 18.4 Å². The zero-order valence-electron chi connectivity index (χ0n) is 23.3. The van der Waals surface area contributed by atoms with Gasteiger partial charge in [-0.05, 0) is 34.5 Å². The lowest BCUT2D eigenvalue weighted by atomic mass is 10.2. The van der Waals surface area contributed by atoms with E-state index in [1.54, 1.807) is 12.1 Å². The molecule has 0 atom stereocenters. The van der Waals surface area contributed by atoms with Gasteiger partial charge < -0.3 is 18.6 Å². The van der Waals surface area contributed by atoms with Crippen molar-refractivity contribution in [2.75, 3.05) is 46.4 Å². The van der Waals surface area contributed by atoms with Crippen LogP contribution in [-0.2, 0) is 32.9 Å². The zero-order chi connectivity index (χ0) is 28.2. The largest absolute Gasteiger partial charge is 0.385 e. The smallest absolute Gasteiger partial charge is 0.297 e. The molecule has 0 bridgehead atoms. The molecule has 39 heavy (non-hydrogen) atoms. The Bertz CT molecular complexity index is 1170. The summed E-state index contributed by atoms with van der Waals surface area (Å²) in [5.74, 6) is 0. The van der Waals surface area contributed by atoms with Crippen molar-refractivity contribution in [2.45, 2.75) is 37.6 Å². The second-order valence-electron chi connectivity index (χ2n) is 10.1. The Morgan fingerprint density at radius 1 is 0.641 bits per heavy atom. The second kappa shape index (κ2) is 14.9. The van der Waals surface area contributed by atoms with Crippen LogP contribution in [0.4, 0.5) is 0 Å². The van der Waals surface area contributed by atoms with Crippen molar-refractivity contribution >= 4 is 28.8 Å². The Morgan fingerprint density at radius 2 is 1.10 bits per heavy atom. The molecule has 0 aliphatic rings. The predicted octanol–water partition coefficient (Wildman–Crippen LogP) is 4.28. The van der Waals surface area contributed by atoms with Crippen molar-refractivity contribution in [2.24, 2.45) is 0 Å². The molecule has 7 nitrogen and oxygen atoms in total. The first kappa shape index (κ1) is 31.2. The van der Waals surface area contributed by atoms with Crippen LogP contribution < -0.4 is 10.4 Å². The Hall–Kier alpha value is -2.37. The quantitative estimate of drug-likeness (QED) is 0.110. The van der Waals surface area contributed by atoms with E-state index in [0.717, 1.165) is 5.56 Å². The summed E-state index contributed by atoms with van der Waals surface area (Å²) in [6.07, 6.45) is 0. The first-order chi connectivity index (χ1) is 18.7. The molecule has 9 heteroatoms. The van der Waals surface area contributed by atoms with Gasteiger partial charge in [-0.25, -0.2) is 0 Å². The molecule has 0 aliphatic carbocycles. The van der Waals surface area contributed by atoms with Crippen molar-refractivity contribution in [3.8, 4) is 0 Å². The van der Waals surface area contributed by atoms with Gasteiger partial charge in [0.1, 0.15) is 6.79 Å². The fraction of sp³-hybridized carbons (Fsp3) is 0.400. The van der Waals surface area contributed by atoms with Gasteiger partial charge in [-0.15, -0.1) is 0 Å². The first-order valence-electron chi connectivity index (χ1n) is 13.1. The minimum atomic E-state index is -3.78. The molecule has 0 amide bonds. The summed E-state index contributed by atoms with van der Waals surface area (Å²) >= 11 is 0. The SMILES string of the molecule is Cc1ccc(S(=O)(=O)OCCOCCOCCOCO[Si](c2ccccc2)(c2ccccc2)C(C)(C)C)cc1. The average Bonchev–Trinajstić information content (AvgIpc) is 2.92. The highest BCUT2D eigenvalue weighted by Crippen LogP contribution is 2.36. The van der Waals surface area contributed by atoms with Crippen LogP contribution in [0.25, 0.3) is 0 Å². The minimum Gasteiger partial charge on any atom is -0.385 e. The van der Waals surface area contributed by atoms with Crippen molar-refractivity contribution in [3.05, 3.63) is 90.5 Å². The summed E-state index contributed by atoms with van der Waals surface area (Å²) in [6, 6.07) is 27.4. The van der Waals surface area contributed by atoms with Crippen LogP contribution in [0.5, 0.6) is 0 Å². The number of hydrogen-bond acceptors (Lipinski definition) is 7. The summed E-state index contributed by atoms with van der Waals surface area (Å²) in [5, 5.41) is 2.29. The normalized spacial score (nSPS) is 12.5. The molecule has 0 aromatic heterocycles. The molecule has 0 aliphatic heterocycles. The predicted molar refractivity (Wildman–Crippen MR) is 155 cm³/mol. The van der Waals surface area contributed by atoms with Crippen molar-refractivity contribution in [1.82, 2.24) is 0 Å². The Morgan fingerprint density at radius 3 is 1.59 bits per heavy atom. The third-order valence-corrected chi connectivity index (χ3v) is 12.6. The molecule has 0 fully saturated rings. The van der Waals surface area contributed by atoms with E-state index in [1.165, 1.54) is 22.5 Å². The van der Waals surface area contributed by atoms with Crippen LogP contribution >= 0.6 is 0 Å². The van der Waals surface area contributed by atoms with Gasteiger partial charge in [0.25, 0.3) is 18.4 Å². The van der Waals surface area contributed by atoms with Gasteiger partial charge in [0.05, 0.1) is 44.5 Å². The number of rotatable bonds is 16.